The van der Waals surface area contributed by atoms with Gasteiger partial charge in [0.05, 0.1) is 17.8 Å². The molecule has 0 aliphatic carbocycles. The minimum Gasteiger partial charge on any atom is -0.383 e. The van der Waals surface area contributed by atoms with Crippen LogP contribution in [0.25, 0.3) is 16.6 Å². The summed E-state index contributed by atoms with van der Waals surface area (Å²) in [4.78, 5) is 26.1. The smallest absolute Gasteiger partial charge is 0.258 e. The zero-order valence-electron chi connectivity index (χ0n) is 15.6. The van der Waals surface area contributed by atoms with Gasteiger partial charge in [0.25, 0.3) is 5.56 Å². The number of methoxy groups -OCH3 is 1. The molecule has 3 heterocycles. The number of nitrogens with one attached hydrogen (secondary N) is 1. The molecule has 0 aliphatic heterocycles. The molecule has 0 aliphatic rings. The molecule has 0 saturated carbocycles. The Labute approximate surface area is 176 Å². The highest BCUT2D eigenvalue weighted by molar-refractivity contribution is 7.98. The van der Waals surface area contributed by atoms with Crippen LogP contribution in [0.1, 0.15) is 5.69 Å². The molecule has 1 N–H and O–H groups in total. The van der Waals surface area contributed by atoms with Crippen molar-refractivity contribution < 1.29 is 4.74 Å². The van der Waals surface area contributed by atoms with Gasteiger partial charge in [-0.1, -0.05) is 35.5 Å². The number of anilines is 1. The number of hydrogen-bond donors (Lipinski definition) is 1. The van der Waals surface area contributed by atoms with E-state index in [1.165, 1.54) is 22.2 Å². The molecule has 29 heavy (non-hydrogen) atoms. The summed E-state index contributed by atoms with van der Waals surface area (Å²) in [6.07, 6.45) is 1.62. The predicted molar refractivity (Wildman–Crippen MR) is 116 cm³/mol. The van der Waals surface area contributed by atoms with Crippen molar-refractivity contribution in [1.29, 1.82) is 0 Å². The molecule has 1 aromatic carbocycles. The third kappa shape index (κ3) is 4.50. The van der Waals surface area contributed by atoms with Crippen LogP contribution in [0.15, 0.2) is 58.6 Å². The molecule has 0 spiro atoms. The largest absolute Gasteiger partial charge is 0.383 e. The summed E-state index contributed by atoms with van der Waals surface area (Å²) in [7, 11) is 1.66. The first-order valence-corrected chi connectivity index (χ1v) is 10.3. The predicted octanol–water partition coefficient (Wildman–Crippen LogP) is 3.64. The number of nitrogens with zero attached hydrogens (tertiary/aromatic N) is 4. The fourth-order valence-electron chi connectivity index (χ4n) is 2.87. The molecule has 148 valence electrons. The van der Waals surface area contributed by atoms with Gasteiger partial charge < -0.3 is 10.1 Å². The van der Waals surface area contributed by atoms with Crippen LogP contribution >= 0.6 is 23.4 Å². The molecule has 4 rings (SSSR count). The molecule has 0 saturated heterocycles. The maximum atomic E-state index is 12.3. The van der Waals surface area contributed by atoms with Gasteiger partial charge in [-0.25, -0.2) is 15.0 Å². The van der Waals surface area contributed by atoms with Gasteiger partial charge in [-0.3, -0.25) is 9.20 Å². The summed E-state index contributed by atoms with van der Waals surface area (Å²) in [5.41, 5.74) is 1.86. The van der Waals surface area contributed by atoms with E-state index in [2.05, 4.69) is 20.3 Å². The SMILES string of the molecule is COCCNc1nc(SCc2cc(=O)n3ccc(Cl)cc3n2)nc2ccccc12. The standard InChI is InChI=1S/C20H18ClN5O2S/c1-28-9-7-22-19-15-4-2-3-5-16(15)24-20(25-19)29-12-14-11-18(27)26-8-6-13(21)10-17(26)23-14/h2-6,8,10-11H,7,9,12H2,1H3,(H,22,24,25). The second kappa shape index (κ2) is 8.77. The van der Waals surface area contributed by atoms with Gasteiger partial charge in [0.2, 0.25) is 0 Å². The van der Waals surface area contributed by atoms with Gasteiger partial charge in [-0.15, -0.1) is 0 Å². The van der Waals surface area contributed by atoms with Crippen LogP contribution < -0.4 is 10.9 Å². The molecule has 9 heteroatoms. The highest BCUT2D eigenvalue weighted by atomic mass is 35.5. The molecule has 0 fully saturated rings. The Morgan fingerprint density at radius 1 is 1.17 bits per heavy atom. The number of aromatic nitrogens is 4. The van der Waals surface area contributed by atoms with Gasteiger partial charge >= 0.3 is 0 Å². The average Bonchev–Trinajstić information content (AvgIpc) is 2.72. The summed E-state index contributed by atoms with van der Waals surface area (Å²) in [5, 5.41) is 5.38. The minimum atomic E-state index is -0.149. The van der Waals surface area contributed by atoms with Gasteiger partial charge in [-0.05, 0) is 18.2 Å². The fourth-order valence-corrected chi connectivity index (χ4v) is 3.76. The van der Waals surface area contributed by atoms with E-state index in [-0.39, 0.29) is 5.56 Å². The van der Waals surface area contributed by atoms with Crippen molar-refractivity contribution >= 4 is 45.7 Å². The molecule has 0 unspecified atom stereocenters. The molecule has 0 amide bonds. The summed E-state index contributed by atoms with van der Waals surface area (Å²) < 4.78 is 6.57. The van der Waals surface area contributed by atoms with Crippen LogP contribution in [0, 0.1) is 0 Å². The van der Waals surface area contributed by atoms with Crippen LogP contribution in [0.2, 0.25) is 5.02 Å². The number of ether oxygens (including phenoxy) is 1. The van der Waals surface area contributed by atoms with Crippen molar-refractivity contribution in [2.45, 2.75) is 10.9 Å². The number of para-hydroxylation sites is 1. The number of halogens is 1. The highest BCUT2D eigenvalue weighted by Gasteiger charge is 2.10. The van der Waals surface area contributed by atoms with Crippen molar-refractivity contribution in [3.8, 4) is 0 Å². The second-order valence-electron chi connectivity index (χ2n) is 6.24. The Bertz CT molecular complexity index is 1230. The third-order valence-corrected chi connectivity index (χ3v) is 5.33. The minimum absolute atomic E-state index is 0.149. The topological polar surface area (TPSA) is 81.4 Å². The van der Waals surface area contributed by atoms with E-state index in [0.717, 1.165) is 16.7 Å². The Morgan fingerprint density at radius 3 is 2.90 bits per heavy atom. The summed E-state index contributed by atoms with van der Waals surface area (Å²) in [5.74, 6) is 1.22. The van der Waals surface area contributed by atoms with Crippen LogP contribution in [0.4, 0.5) is 5.82 Å². The first-order valence-electron chi connectivity index (χ1n) is 8.94. The number of hydrogen-bond acceptors (Lipinski definition) is 7. The molecule has 4 aromatic rings. The van der Waals surface area contributed by atoms with Crippen LogP contribution in [0.5, 0.6) is 0 Å². The van der Waals surface area contributed by atoms with Gasteiger partial charge in [0.1, 0.15) is 11.5 Å². The van der Waals surface area contributed by atoms with Gasteiger partial charge in [0.15, 0.2) is 5.16 Å². The molecule has 0 bridgehead atoms. The first kappa shape index (κ1) is 19.6. The van der Waals surface area contributed by atoms with E-state index in [1.807, 2.05) is 24.3 Å². The maximum Gasteiger partial charge on any atom is 0.258 e. The second-order valence-corrected chi connectivity index (χ2v) is 7.62. The lowest BCUT2D eigenvalue weighted by Crippen LogP contribution is -2.15. The van der Waals surface area contributed by atoms with Crippen molar-refractivity contribution in [2.75, 3.05) is 25.6 Å². The first-order chi connectivity index (χ1) is 14.1. The number of fused-ring (bicyclic) bond motifs is 2. The third-order valence-electron chi connectivity index (χ3n) is 4.21. The van der Waals surface area contributed by atoms with E-state index in [4.69, 9.17) is 16.3 Å². The molecule has 0 radical (unpaired) electrons. The molecular weight excluding hydrogens is 410 g/mol. The van der Waals surface area contributed by atoms with Crippen LogP contribution in [-0.2, 0) is 10.5 Å². The lowest BCUT2D eigenvalue weighted by Gasteiger charge is -2.10. The van der Waals surface area contributed by atoms with Gasteiger partial charge in [0, 0.05) is 48.1 Å². The Kier molecular flexibility index (Phi) is 5.94. The van der Waals surface area contributed by atoms with E-state index >= 15 is 0 Å². The van der Waals surface area contributed by atoms with E-state index in [9.17, 15) is 4.79 Å². The normalized spacial score (nSPS) is 11.2. The van der Waals surface area contributed by atoms with Crippen molar-refractivity contribution in [1.82, 2.24) is 19.4 Å². The van der Waals surface area contributed by atoms with Gasteiger partial charge in [-0.2, -0.15) is 0 Å². The summed E-state index contributed by atoms with van der Waals surface area (Å²) >= 11 is 7.45. The number of thioether (sulfide) groups is 1. The molecular formula is C20H18ClN5O2S. The summed E-state index contributed by atoms with van der Waals surface area (Å²) in [6.45, 7) is 1.22. The quantitative estimate of drug-likeness (QED) is 0.274. The maximum absolute atomic E-state index is 12.3. The van der Waals surface area contributed by atoms with Crippen molar-refractivity contribution in [3.63, 3.8) is 0 Å². The summed E-state index contributed by atoms with van der Waals surface area (Å²) in [6, 6.07) is 12.7. The van der Waals surface area contributed by atoms with E-state index < -0.39 is 0 Å². The highest BCUT2D eigenvalue weighted by Crippen LogP contribution is 2.26. The number of rotatable bonds is 7. The molecule has 7 nitrogen and oxygen atoms in total. The van der Waals surface area contributed by atoms with E-state index in [0.29, 0.717) is 40.4 Å². The van der Waals surface area contributed by atoms with Crippen molar-refractivity contribution in [3.05, 3.63) is 69.7 Å². The fraction of sp³-hybridized carbons (Fsp3) is 0.200. The average molecular weight is 428 g/mol. The number of pyridine rings is 1. The monoisotopic (exact) mass is 427 g/mol. The molecule has 3 aromatic heterocycles. The van der Waals surface area contributed by atoms with E-state index in [1.54, 1.807) is 25.4 Å². The van der Waals surface area contributed by atoms with Crippen LogP contribution in [-0.4, -0.2) is 39.6 Å². The van der Waals surface area contributed by atoms with Crippen LogP contribution in [0.3, 0.4) is 0 Å². The Hall–Kier alpha value is -2.68. The number of benzene rings is 1. The zero-order chi connectivity index (χ0) is 20.2. The lowest BCUT2D eigenvalue weighted by molar-refractivity contribution is 0.210. The Morgan fingerprint density at radius 2 is 2.03 bits per heavy atom. The lowest BCUT2D eigenvalue weighted by atomic mass is 10.2. The molecule has 0 atom stereocenters. The van der Waals surface area contributed by atoms with Crippen molar-refractivity contribution in [2.24, 2.45) is 0 Å². The Balaban J connectivity index is 1.61. The zero-order valence-corrected chi connectivity index (χ0v) is 17.2.